The SMILES string of the molecule is FC(F)(F)c1cnc(Nc2ccc(Nc3ncc(C(F)(F)F)c(NC4CC4)n3)cc2)nc1NC1CC1. The monoisotopic (exact) mass is 510 g/mol. The Morgan fingerprint density at radius 1 is 0.611 bits per heavy atom. The van der Waals surface area contributed by atoms with Crippen LogP contribution < -0.4 is 21.3 Å². The van der Waals surface area contributed by atoms with Gasteiger partial charge in [-0.05, 0) is 49.9 Å². The van der Waals surface area contributed by atoms with Gasteiger partial charge in [-0.1, -0.05) is 0 Å². The molecule has 0 amide bonds. The molecule has 0 bridgehead atoms. The van der Waals surface area contributed by atoms with Gasteiger partial charge < -0.3 is 21.3 Å². The summed E-state index contributed by atoms with van der Waals surface area (Å²) < 4.78 is 79.5. The zero-order valence-corrected chi connectivity index (χ0v) is 18.5. The lowest BCUT2D eigenvalue weighted by Gasteiger charge is -2.15. The van der Waals surface area contributed by atoms with Crippen molar-refractivity contribution < 1.29 is 26.3 Å². The smallest absolute Gasteiger partial charge is 0.367 e. The molecule has 3 aromatic rings. The largest absolute Gasteiger partial charge is 0.421 e. The Kier molecular flexibility index (Phi) is 5.96. The third-order valence-corrected chi connectivity index (χ3v) is 5.42. The van der Waals surface area contributed by atoms with Gasteiger partial charge >= 0.3 is 12.4 Å². The number of benzene rings is 1. The molecule has 14 heteroatoms. The van der Waals surface area contributed by atoms with Gasteiger partial charge in [-0.25, -0.2) is 9.97 Å². The molecule has 0 saturated heterocycles. The summed E-state index contributed by atoms with van der Waals surface area (Å²) >= 11 is 0. The van der Waals surface area contributed by atoms with E-state index < -0.39 is 23.5 Å². The maximum Gasteiger partial charge on any atom is 0.421 e. The fourth-order valence-corrected chi connectivity index (χ4v) is 3.26. The van der Waals surface area contributed by atoms with Gasteiger partial charge in [-0.15, -0.1) is 0 Å². The number of hydrogen-bond donors (Lipinski definition) is 4. The molecule has 0 unspecified atom stereocenters. The van der Waals surface area contributed by atoms with E-state index in [0.717, 1.165) is 38.1 Å². The van der Waals surface area contributed by atoms with E-state index >= 15 is 0 Å². The fourth-order valence-electron chi connectivity index (χ4n) is 3.26. The molecule has 8 nitrogen and oxygen atoms in total. The standard InChI is InChI=1S/C22H20F6N8/c23-21(24,25)15-9-29-19(35-17(15)31-11-1-2-11)33-13-5-7-14(8-6-13)34-20-30-10-16(22(26,27)28)18(36-20)32-12-3-4-12/h5-12H,1-4H2,(H2,29,31,33,35)(H2,30,32,34,36). The van der Waals surface area contributed by atoms with Crippen molar-refractivity contribution in [1.82, 2.24) is 19.9 Å². The molecule has 1 aromatic carbocycles. The molecule has 2 aromatic heterocycles. The van der Waals surface area contributed by atoms with Crippen LogP contribution in [0.15, 0.2) is 36.7 Å². The molecule has 5 rings (SSSR count). The third-order valence-electron chi connectivity index (χ3n) is 5.42. The minimum absolute atomic E-state index is 0.0197. The van der Waals surface area contributed by atoms with Crippen LogP contribution in [0, 0.1) is 0 Å². The van der Waals surface area contributed by atoms with E-state index in [1.165, 1.54) is 0 Å². The van der Waals surface area contributed by atoms with Crippen molar-refractivity contribution in [2.24, 2.45) is 0 Å². The molecule has 2 aliphatic rings. The van der Waals surface area contributed by atoms with E-state index in [1.54, 1.807) is 24.3 Å². The lowest BCUT2D eigenvalue weighted by Crippen LogP contribution is -2.15. The quantitative estimate of drug-likeness (QED) is 0.277. The number of anilines is 6. The Bertz CT molecular complexity index is 1140. The topological polar surface area (TPSA) is 99.7 Å². The van der Waals surface area contributed by atoms with Crippen LogP contribution in [-0.4, -0.2) is 32.0 Å². The van der Waals surface area contributed by atoms with Crippen LogP contribution in [0.3, 0.4) is 0 Å². The molecule has 2 fully saturated rings. The molecule has 4 N–H and O–H groups in total. The molecular formula is C22H20F6N8. The summed E-state index contributed by atoms with van der Waals surface area (Å²) in [7, 11) is 0. The van der Waals surface area contributed by atoms with Crippen molar-refractivity contribution in [3.8, 4) is 0 Å². The van der Waals surface area contributed by atoms with Crippen molar-refractivity contribution in [1.29, 1.82) is 0 Å². The van der Waals surface area contributed by atoms with Crippen LogP contribution >= 0.6 is 0 Å². The summed E-state index contributed by atoms with van der Waals surface area (Å²) in [5, 5.41) is 11.2. The first-order valence-corrected chi connectivity index (χ1v) is 11.1. The molecule has 190 valence electrons. The molecule has 0 radical (unpaired) electrons. The summed E-state index contributed by atoms with van der Waals surface area (Å²) in [5.41, 5.74) is -0.901. The highest BCUT2D eigenvalue weighted by molar-refractivity contribution is 5.63. The molecule has 0 aliphatic heterocycles. The molecule has 2 aliphatic carbocycles. The van der Waals surface area contributed by atoms with Crippen molar-refractivity contribution in [2.45, 2.75) is 50.1 Å². The van der Waals surface area contributed by atoms with E-state index in [-0.39, 0.29) is 35.6 Å². The Balaban J connectivity index is 1.29. The number of rotatable bonds is 8. The molecule has 0 spiro atoms. The Hall–Kier alpha value is -3.84. The van der Waals surface area contributed by atoms with E-state index in [0.29, 0.717) is 11.4 Å². The highest BCUT2D eigenvalue weighted by atomic mass is 19.4. The third kappa shape index (κ3) is 5.86. The predicted octanol–water partition coefficient (Wildman–Crippen LogP) is 5.94. The zero-order valence-electron chi connectivity index (χ0n) is 18.5. The van der Waals surface area contributed by atoms with Crippen LogP contribution in [0.25, 0.3) is 0 Å². The first-order valence-electron chi connectivity index (χ1n) is 11.1. The summed E-state index contributed by atoms with van der Waals surface area (Å²) in [5.74, 6) is -0.603. The van der Waals surface area contributed by atoms with E-state index in [9.17, 15) is 26.3 Å². The maximum atomic E-state index is 13.3. The van der Waals surface area contributed by atoms with Crippen molar-refractivity contribution in [3.63, 3.8) is 0 Å². The minimum atomic E-state index is -4.59. The fraction of sp³-hybridized carbons (Fsp3) is 0.364. The first kappa shape index (κ1) is 23.9. The summed E-state index contributed by atoms with van der Waals surface area (Å²) in [6.07, 6.45) is -4.61. The van der Waals surface area contributed by atoms with Gasteiger partial charge in [0.25, 0.3) is 0 Å². The zero-order chi connectivity index (χ0) is 25.5. The van der Waals surface area contributed by atoms with Crippen LogP contribution in [0.5, 0.6) is 0 Å². The van der Waals surface area contributed by atoms with Gasteiger partial charge in [0.2, 0.25) is 11.9 Å². The maximum absolute atomic E-state index is 13.3. The van der Waals surface area contributed by atoms with Crippen molar-refractivity contribution in [2.75, 3.05) is 21.3 Å². The first-order chi connectivity index (χ1) is 17.0. The summed E-state index contributed by atoms with van der Waals surface area (Å²) in [6, 6.07) is 6.34. The van der Waals surface area contributed by atoms with Crippen LogP contribution in [0.4, 0.5) is 61.2 Å². The molecule has 36 heavy (non-hydrogen) atoms. The van der Waals surface area contributed by atoms with E-state index in [1.807, 2.05) is 0 Å². The number of nitrogens with one attached hydrogen (secondary N) is 4. The highest BCUT2D eigenvalue weighted by Gasteiger charge is 2.38. The second kappa shape index (κ2) is 8.99. The molecular weight excluding hydrogens is 490 g/mol. The minimum Gasteiger partial charge on any atom is -0.367 e. The molecule has 2 heterocycles. The van der Waals surface area contributed by atoms with E-state index in [4.69, 9.17) is 0 Å². The number of nitrogens with zero attached hydrogens (tertiary/aromatic N) is 4. The number of hydrogen-bond acceptors (Lipinski definition) is 8. The lowest BCUT2D eigenvalue weighted by atomic mass is 10.2. The Morgan fingerprint density at radius 3 is 1.28 bits per heavy atom. The summed E-state index contributed by atoms with van der Waals surface area (Å²) in [6.45, 7) is 0. The Labute approximate surface area is 201 Å². The van der Waals surface area contributed by atoms with Crippen molar-refractivity contribution >= 4 is 34.9 Å². The molecule has 2 saturated carbocycles. The highest BCUT2D eigenvalue weighted by Crippen LogP contribution is 2.37. The van der Waals surface area contributed by atoms with Gasteiger partial charge in [0.15, 0.2) is 0 Å². The predicted molar refractivity (Wildman–Crippen MR) is 120 cm³/mol. The second-order valence-corrected chi connectivity index (χ2v) is 8.57. The number of aromatic nitrogens is 4. The average Bonchev–Trinajstić information content (AvgIpc) is 3.71. The van der Waals surface area contributed by atoms with Crippen molar-refractivity contribution in [3.05, 3.63) is 47.8 Å². The molecule has 0 atom stereocenters. The number of alkyl halides is 6. The van der Waals surface area contributed by atoms with Gasteiger partial charge in [-0.3, -0.25) is 0 Å². The Morgan fingerprint density at radius 2 is 0.972 bits per heavy atom. The average molecular weight is 510 g/mol. The van der Waals surface area contributed by atoms with E-state index in [2.05, 4.69) is 41.2 Å². The number of halogens is 6. The van der Waals surface area contributed by atoms with Gasteiger partial charge in [-0.2, -0.15) is 36.3 Å². The van der Waals surface area contributed by atoms with Gasteiger partial charge in [0.1, 0.15) is 22.8 Å². The van der Waals surface area contributed by atoms with Crippen LogP contribution in [0.1, 0.15) is 36.8 Å². The lowest BCUT2D eigenvalue weighted by molar-refractivity contribution is -0.138. The van der Waals surface area contributed by atoms with Gasteiger partial charge in [0.05, 0.1) is 0 Å². The summed E-state index contributed by atoms with van der Waals surface area (Å²) in [4.78, 5) is 15.5. The van der Waals surface area contributed by atoms with Crippen LogP contribution in [-0.2, 0) is 12.4 Å². The van der Waals surface area contributed by atoms with Crippen LogP contribution in [0.2, 0.25) is 0 Å². The normalized spacial score (nSPS) is 15.9. The van der Waals surface area contributed by atoms with Gasteiger partial charge in [0, 0.05) is 35.9 Å². The second-order valence-electron chi connectivity index (χ2n) is 8.57.